The van der Waals surface area contributed by atoms with Crippen LogP contribution in [-0.4, -0.2) is 29.8 Å². The number of hydrogen-bond donors (Lipinski definition) is 3. The van der Waals surface area contributed by atoms with Crippen molar-refractivity contribution in [3.05, 3.63) is 29.3 Å². The molecular weight excluding hydrogens is 298 g/mol. The minimum absolute atomic E-state index is 0.0193. The van der Waals surface area contributed by atoms with Gasteiger partial charge >= 0.3 is 6.03 Å². The molecule has 0 radical (unpaired) electrons. The van der Waals surface area contributed by atoms with Gasteiger partial charge in [-0.25, -0.2) is 4.79 Å². The Hall–Kier alpha value is -1.69. The Morgan fingerprint density at radius 2 is 2.23 bits per heavy atom. The average Bonchev–Trinajstić information content (AvgIpc) is 2.84. The summed E-state index contributed by atoms with van der Waals surface area (Å²) in [7, 11) is 0. The number of carbonyl (C=O) groups is 2. The Bertz CT molecular complexity index is 560. The largest absolute Gasteiger partial charge is 0.354 e. The van der Waals surface area contributed by atoms with Gasteiger partial charge in [-0.15, -0.1) is 0 Å². The van der Waals surface area contributed by atoms with Gasteiger partial charge in [0.15, 0.2) is 0 Å². The first-order valence-electron chi connectivity index (χ1n) is 7.50. The van der Waals surface area contributed by atoms with Gasteiger partial charge in [0.05, 0.1) is 6.04 Å². The molecular formula is C16H23N3O2S. The van der Waals surface area contributed by atoms with E-state index in [0.29, 0.717) is 18.2 Å². The maximum absolute atomic E-state index is 12.0. The fourth-order valence-electron chi connectivity index (χ4n) is 2.28. The highest BCUT2D eigenvalue weighted by atomic mass is 32.2. The zero-order valence-electron chi connectivity index (χ0n) is 13.2. The summed E-state index contributed by atoms with van der Waals surface area (Å²) in [6.07, 6.45) is 0.345. The van der Waals surface area contributed by atoms with Crippen molar-refractivity contribution in [3.8, 4) is 0 Å². The van der Waals surface area contributed by atoms with Crippen molar-refractivity contribution in [1.29, 1.82) is 0 Å². The van der Waals surface area contributed by atoms with Crippen LogP contribution < -0.4 is 16.0 Å². The van der Waals surface area contributed by atoms with E-state index in [4.69, 9.17) is 0 Å². The highest BCUT2D eigenvalue weighted by Gasteiger charge is 2.23. The fourth-order valence-corrected chi connectivity index (χ4v) is 3.11. The summed E-state index contributed by atoms with van der Waals surface area (Å²) in [5.74, 6) is 0.913. The monoisotopic (exact) mass is 321 g/mol. The van der Waals surface area contributed by atoms with Crippen LogP contribution in [0, 0.1) is 6.92 Å². The van der Waals surface area contributed by atoms with E-state index in [1.165, 1.54) is 5.56 Å². The maximum Gasteiger partial charge on any atom is 0.319 e. The van der Waals surface area contributed by atoms with E-state index in [-0.39, 0.29) is 18.0 Å². The third-order valence-electron chi connectivity index (χ3n) is 3.58. The van der Waals surface area contributed by atoms with E-state index in [1.54, 1.807) is 0 Å². The quantitative estimate of drug-likeness (QED) is 0.781. The van der Waals surface area contributed by atoms with Crippen LogP contribution in [0.2, 0.25) is 0 Å². The van der Waals surface area contributed by atoms with Crippen molar-refractivity contribution in [3.63, 3.8) is 0 Å². The predicted molar refractivity (Wildman–Crippen MR) is 91.2 cm³/mol. The van der Waals surface area contributed by atoms with E-state index >= 15 is 0 Å². The third-order valence-corrected chi connectivity index (χ3v) is 4.72. The van der Waals surface area contributed by atoms with Crippen molar-refractivity contribution in [2.24, 2.45) is 0 Å². The zero-order chi connectivity index (χ0) is 16.1. The van der Waals surface area contributed by atoms with E-state index < -0.39 is 0 Å². The summed E-state index contributed by atoms with van der Waals surface area (Å²) in [4.78, 5) is 23.2. The number of rotatable bonds is 5. The first kappa shape index (κ1) is 16.7. The molecule has 1 heterocycles. The van der Waals surface area contributed by atoms with Crippen LogP contribution in [0.25, 0.3) is 0 Å². The number of hydrogen-bond acceptors (Lipinski definition) is 3. The highest BCUT2D eigenvalue weighted by molar-refractivity contribution is 7.99. The highest BCUT2D eigenvalue weighted by Crippen LogP contribution is 2.24. The Morgan fingerprint density at radius 3 is 2.86 bits per heavy atom. The van der Waals surface area contributed by atoms with Crippen molar-refractivity contribution < 1.29 is 9.59 Å². The van der Waals surface area contributed by atoms with Crippen LogP contribution >= 0.6 is 11.8 Å². The topological polar surface area (TPSA) is 70.2 Å². The molecule has 1 aromatic rings. The molecule has 1 atom stereocenters. The smallest absolute Gasteiger partial charge is 0.319 e. The van der Waals surface area contributed by atoms with Crippen LogP contribution in [0.3, 0.4) is 0 Å². The van der Waals surface area contributed by atoms with Crippen LogP contribution in [0.15, 0.2) is 18.2 Å². The second kappa shape index (κ2) is 7.54. The van der Waals surface area contributed by atoms with Crippen LogP contribution in [0.4, 0.5) is 10.5 Å². The molecule has 0 aromatic heterocycles. The number of nitrogens with one attached hydrogen (secondary N) is 3. The number of carbonyl (C=O) groups excluding carboxylic acids is 2. The predicted octanol–water partition coefficient (Wildman–Crippen LogP) is 2.65. The summed E-state index contributed by atoms with van der Waals surface area (Å²) in [5, 5.41) is 8.98. The molecule has 6 heteroatoms. The molecule has 1 saturated heterocycles. The van der Waals surface area contributed by atoms with Gasteiger partial charge in [-0.2, -0.15) is 11.8 Å². The summed E-state index contributed by atoms with van der Waals surface area (Å²) >= 11 is 1.88. The number of thioether (sulfide) groups is 1. The average molecular weight is 321 g/mol. The fraction of sp³-hybridized carbons (Fsp3) is 0.500. The normalized spacial score (nSPS) is 17.5. The molecule has 0 bridgehead atoms. The molecule has 0 aliphatic carbocycles. The molecule has 3 amide bonds. The summed E-state index contributed by atoms with van der Waals surface area (Å²) in [6.45, 7) is 6.86. The second-order valence-corrected chi connectivity index (χ2v) is 7.32. The second-order valence-electron chi connectivity index (χ2n) is 5.75. The van der Waals surface area contributed by atoms with Crippen molar-refractivity contribution in [2.75, 3.05) is 11.9 Å². The van der Waals surface area contributed by atoms with E-state index in [0.717, 1.165) is 17.0 Å². The standard InChI is InChI=1S/C16H23N3O2S/c1-10(2)22-9-12-5-4-6-14(11(12)3)19-16(21)18-13-7-15(20)17-8-13/h4-6,10,13H,7-9H2,1-3H3,(H,17,20)(H2,18,19,21). The minimum atomic E-state index is -0.265. The van der Waals surface area contributed by atoms with Crippen molar-refractivity contribution in [1.82, 2.24) is 10.6 Å². The van der Waals surface area contributed by atoms with Gasteiger partial charge in [0.2, 0.25) is 5.91 Å². The van der Waals surface area contributed by atoms with Gasteiger partial charge in [0, 0.05) is 24.4 Å². The van der Waals surface area contributed by atoms with Gasteiger partial charge in [-0.1, -0.05) is 26.0 Å². The number of anilines is 1. The number of benzene rings is 1. The molecule has 1 unspecified atom stereocenters. The lowest BCUT2D eigenvalue weighted by Gasteiger charge is -2.15. The Morgan fingerprint density at radius 1 is 1.45 bits per heavy atom. The molecule has 5 nitrogen and oxygen atoms in total. The minimum Gasteiger partial charge on any atom is -0.354 e. The molecule has 1 fully saturated rings. The molecule has 1 aliphatic heterocycles. The zero-order valence-corrected chi connectivity index (χ0v) is 14.0. The molecule has 0 saturated carbocycles. The third kappa shape index (κ3) is 4.66. The summed E-state index contributed by atoms with van der Waals surface area (Å²) < 4.78 is 0. The molecule has 3 N–H and O–H groups in total. The summed E-state index contributed by atoms with van der Waals surface area (Å²) in [5.41, 5.74) is 3.14. The Balaban J connectivity index is 1.95. The molecule has 22 heavy (non-hydrogen) atoms. The lowest BCUT2D eigenvalue weighted by molar-refractivity contribution is -0.119. The van der Waals surface area contributed by atoms with Gasteiger partial charge in [0.25, 0.3) is 0 Å². The van der Waals surface area contributed by atoms with Crippen LogP contribution in [0.5, 0.6) is 0 Å². The van der Waals surface area contributed by atoms with E-state index in [1.807, 2.05) is 30.8 Å². The van der Waals surface area contributed by atoms with Crippen molar-refractivity contribution >= 4 is 29.4 Å². The lowest BCUT2D eigenvalue weighted by atomic mass is 10.1. The van der Waals surface area contributed by atoms with Gasteiger partial charge in [-0.3, -0.25) is 4.79 Å². The lowest BCUT2D eigenvalue weighted by Crippen LogP contribution is -2.39. The first-order valence-corrected chi connectivity index (χ1v) is 8.55. The van der Waals surface area contributed by atoms with Crippen molar-refractivity contribution in [2.45, 2.75) is 44.2 Å². The van der Waals surface area contributed by atoms with Crippen LogP contribution in [-0.2, 0) is 10.5 Å². The molecule has 1 aromatic carbocycles. The first-order chi connectivity index (χ1) is 10.5. The van der Waals surface area contributed by atoms with Crippen LogP contribution in [0.1, 0.15) is 31.4 Å². The Labute approximate surface area is 135 Å². The molecule has 2 rings (SSSR count). The summed E-state index contributed by atoms with van der Waals surface area (Å²) in [6, 6.07) is 5.55. The van der Waals surface area contributed by atoms with E-state index in [2.05, 4.69) is 35.9 Å². The Kier molecular flexibility index (Phi) is 5.71. The number of urea groups is 1. The SMILES string of the molecule is Cc1c(CSC(C)C)cccc1NC(=O)NC1CNC(=O)C1. The molecule has 0 spiro atoms. The van der Waals surface area contributed by atoms with E-state index in [9.17, 15) is 9.59 Å². The number of amides is 3. The molecule has 120 valence electrons. The van der Waals surface area contributed by atoms with Gasteiger partial charge < -0.3 is 16.0 Å². The van der Waals surface area contributed by atoms with Gasteiger partial charge in [-0.05, 0) is 29.4 Å². The molecule has 1 aliphatic rings. The van der Waals surface area contributed by atoms with Gasteiger partial charge in [0.1, 0.15) is 0 Å². The maximum atomic E-state index is 12.0.